The number of aromatic nitrogens is 4. The molecular formula is C13H10N4O2S. The Labute approximate surface area is 118 Å². The van der Waals surface area contributed by atoms with Crippen LogP contribution in [0.1, 0.15) is 15.9 Å². The molecule has 20 heavy (non-hydrogen) atoms. The fraction of sp³-hybridized carbons (Fsp3) is 0.0769. The second-order valence-corrected chi connectivity index (χ2v) is 4.99. The maximum atomic E-state index is 11.2. The highest BCUT2D eigenvalue weighted by Gasteiger charge is 2.11. The molecule has 0 aliphatic carbocycles. The SMILES string of the molecule is O=C(O)c1ccccc1CSc1ncnc2nc[nH]c12. The molecule has 0 unspecified atom stereocenters. The van der Waals surface area contributed by atoms with Crippen molar-refractivity contribution < 1.29 is 9.90 Å². The number of hydrogen-bond acceptors (Lipinski definition) is 5. The Morgan fingerprint density at radius 2 is 2.10 bits per heavy atom. The second-order valence-electron chi connectivity index (χ2n) is 4.03. The van der Waals surface area contributed by atoms with Crippen molar-refractivity contribution in [3.05, 3.63) is 48.0 Å². The first-order valence-corrected chi connectivity index (χ1v) is 6.82. The Bertz CT molecular complexity index is 772. The number of aromatic amines is 1. The monoisotopic (exact) mass is 286 g/mol. The van der Waals surface area contributed by atoms with Gasteiger partial charge in [0, 0.05) is 5.75 Å². The molecule has 0 bridgehead atoms. The number of rotatable bonds is 4. The molecule has 100 valence electrons. The van der Waals surface area contributed by atoms with Crippen LogP contribution in [0.3, 0.4) is 0 Å². The first-order valence-electron chi connectivity index (χ1n) is 5.84. The zero-order chi connectivity index (χ0) is 13.9. The van der Waals surface area contributed by atoms with E-state index in [4.69, 9.17) is 5.11 Å². The van der Waals surface area contributed by atoms with Gasteiger partial charge in [-0.05, 0) is 11.6 Å². The molecule has 6 nitrogen and oxygen atoms in total. The van der Waals surface area contributed by atoms with Gasteiger partial charge in [-0.15, -0.1) is 0 Å². The lowest BCUT2D eigenvalue weighted by atomic mass is 10.1. The number of fused-ring (bicyclic) bond motifs is 1. The summed E-state index contributed by atoms with van der Waals surface area (Å²) in [5, 5.41) is 9.91. The van der Waals surface area contributed by atoms with Crippen molar-refractivity contribution in [3.63, 3.8) is 0 Å². The maximum absolute atomic E-state index is 11.2. The Balaban J connectivity index is 1.87. The lowest BCUT2D eigenvalue weighted by Crippen LogP contribution is -2.01. The Kier molecular flexibility index (Phi) is 3.34. The number of nitrogens with one attached hydrogen (secondary N) is 1. The number of nitrogens with zero attached hydrogens (tertiary/aromatic N) is 3. The molecule has 0 amide bonds. The van der Waals surface area contributed by atoms with Crippen LogP contribution in [0, 0.1) is 0 Å². The number of carbonyl (C=O) groups is 1. The molecule has 2 aromatic heterocycles. The van der Waals surface area contributed by atoms with Crippen molar-refractivity contribution >= 4 is 28.9 Å². The molecule has 0 saturated carbocycles. The van der Waals surface area contributed by atoms with Crippen LogP contribution in [0.4, 0.5) is 0 Å². The first kappa shape index (κ1) is 12.6. The average molecular weight is 286 g/mol. The Morgan fingerprint density at radius 3 is 2.95 bits per heavy atom. The summed E-state index contributed by atoms with van der Waals surface area (Å²) in [6.45, 7) is 0. The fourth-order valence-electron chi connectivity index (χ4n) is 1.85. The summed E-state index contributed by atoms with van der Waals surface area (Å²) in [6, 6.07) is 6.95. The largest absolute Gasteiger partial charge is 0.478 e. The summed E-state index contributed by atoms with van der Waals surface area (Å²) in [6.07, 6.45) is 3.02. The summed E-state index contributed by atoms with van der Waals surface area (Å²) < 4.78 is 0. The number of carboxylic acids is 1. The molecule has 0 saturated heterocycles. The van der Waals surface area contributed by atoms with E-state index in [9.17, 15) is 4.79 Å². The van der Waals surface area contributed by atoms with Gasteiger partial charge in [0.1, 0.15) is 16.9 Å². The first-order chi connectivity index (χ1) is 9.75. The zero-order valence-electron chi connectivity index (χ0n) is 10.3. The molecule has 0 atom stereocenters. The molecule has 1 aromatic carbocycles. The van der Waals surface area contributed by atoms with E-state index in [1.807, 2.05) is 12.1 Å². The molecule has 0 aliphatic heterocycles. The van der Waals surface area contributed by atoms with Crippen LogP contribution in [0.2, 0.25) is 0 Å². The minimum Gasteiger partial charge on any atom is -0.478 e. The van der Waals surface area contributed by atoms with E-state index >= 15 is 0 Å². The lowest BCUT2D eigenvalue weighted by Gasteiger charge is -2.05. The molecule has 0 radical (unpaired) electrons. The number of hydrogen-bond donors (Lipinski definition) is 2. The lowest BCUT2D eigenvalue weighted by molar-refractivity contribution is 0.0696. The standard InChI is InChI=1S/C13H10N4O2S/c18-13(19)9-4-2-1-3-8(9)5-20-12-10-11(15-6-14-10)16-7-17-12/h1-4,6-7H,5H2,(H,18,19)(H,14,15,16,17). The quantitative estimate of drug-likeness (QED) is 0.565. The molecular weight excluding hydrogens is 276 g/mol. The van der Waals surface area contributed by atoms with Crippen molar-refractivity contribution in [1.29, 1.82) is 0 Å². The number of aromatic carboxylic acids is 1. The zero-order valence-corrected chi connectivity index (χ0v) is 11.1. The van der Waals surface area contributed by atoms with Crippen LogP contribution in [-0.4, -0.2) is 31.0 Å². The fourth-order valence-corrected chi connectivity index (χ4v) is 2.81. The van der Waals surface area contributed by atoms with Gasteiger partial charge >= 0.3 is 5.97 Å². The van der Waals surface area contributed by atoms with Gasteiger partial charge in [-0.3, -0.25) is 0 Å². The molecule has 3 aromatic rings. The van der Waals surface area contributed by atoms with Crippen molar-refractivity contribution in [3.8, 4) is 0 Å². The molecule has 3 rings (SSSR count). The van der Waals surface area contributed by atoms with E-state index in [-0.39, 0.29) is 0 Å². The Morgan fingerprint density at radius 1 is 1.25 bits per heavy atom. The number of thioether (sulfide) groups is 1. The highest BCUT2D eigenvalue weighted by atomic mass is 32.2. The molecule has 0 fully saturated rings. The minimum absolute atomic E-state index is 0.315. The molecule has 2 heterocycles. The molecule has 0 aliphatic rings. The highest BCUT2D eigenvalue weighted by molar-refractivity contribution is 7.98. The summed E-state index contributed by atoms with van der Waals surface area (Å²) in [5.41, 5.74) is 2.45. The van der Waals surface area contributed by atoms with Gasteiger partial charge in [-0.25, -0.2) is 19.7 Å². The normalized spacial score (nSPS) is 10.8. The highest BCUT2D eigenvalue weighted by Crippen LogP contribution is 2.26. The summed E-state index contributed by atoms with van der Waals surface area (Å²) in [4.78, 5) is 26.5. The van der Waals surface area contributed by atoms with Gasteiger partial charge in [-0.2, -0.15) is 0 Å². The average Bonchev–Trinajstić information content (AvgIpc) is 2.94. The molecule has 2 N–H and O–H groups in total. The van der Waals surface area contributed by atoms with E-state index < -0.39 is 5.97 Å². The summed E-state index contributed by atoms with van der Waals surface area (Å²) in [5.74, 6) is -0.399. The Hall–Kier alpha value is -2.41. The van der Waals surface area contributed by atoms with Crippen LogP contribution in [0.15, 0.2) is 41.9 Å². The van der Waals surface area contributed by atoms with Crippen molar-refractivity contribution in [1.82, 2.24) is 19.9 Å². The van der Waals surface area contributed by atoms with Crippen LogP contribution in [0.5, 0.6) is 0 Å². The number of H-pyrrole nitrogens is 1. The predicted molar refractivity (Wildman–Crippen MR) is 74.6 cm³/mol. The minimum atomic E-state index is -0.921. The maximum Gasteiger partial charge on any atom is 0.335 e. The number of imidazole rings is 1. The third-order valence-electron chi connectivity index (χ3n) is 2.80. The van der Waals surface area contributed by atoms with E-state index in [2.05, 4.69) is 19.9 Å². The van der Waals surface area contributed by atoms with Gasteiger partial charge in [0.15, 0.2) is 5.65 Å². The topological polar surface area (TPSA) is 91.8 Å². The van der Waals surface area contributed by atoms with Crippen molar-refractivity contribution in [2.24, 2.45) is 0 Å². The van der Waals surface area contributed by atoms with Gasteiger partial charge in [0.05, 0.1) is 11.9 Å². The third-order valence-corrected chi connectivity index (χ3v) is 3.84. The van der Waals surface area contributed by atoms with Crippen LogP contribution in [-0.2, 0) is 5.75 Å². The number of carboxylic acid groups (broad SMARTS) is 1. The van der Waals surface area contributed by atoms with E-state index in [1.54, 1.807) is 18.5 Å². The predicted octanol–water partition coefficient (Wildman–Crippen LogP) is 2.34. The van der Waals surface area contributed by atoms with Crippen molar-refractivity contribution in [2.45, 2.75) is 10.8 Å². The summed E-state index contributed by atoms with van der Waals surface area (Å²) in [7, 11) is 0. The smallest absolute Gasteiger partial charge is 0.335 e. The van der Waals surface area contributed by atoms with E-state index in [0.717, 1.165) is 16.1 Å². The van der Waals surface area contributed by atoms with Gasteiger partial charge < -0.3 is 10.1 Å². The van der Waals surface area contributed by atoms with E-state index in [1.165, 1.54) is 18.1 Å². The molecule has 7 heteroatoms. The summed E-state index contributed by atoms with van der Waals surface area (Å²) >= 11 is 1.45. The second kappa shape index (κ2) is 5.30. The third kappa shape index (κ3) is 2.35. The van der Waals surface area contributed by atoms with Gasteiger partial charge in [0.2, 0.25) is 0 Å². The number of benzene rings is 1. The van der Waals surface area contributed by atoms with Crippen LogP contribution in [0.25, 0.3) is 11.2 Å². The van der Waals surface area contributed by atoms with E-state index in [0.29, 0.717) is 17.0 Å². The van der Waals surface area contributed by atoms with Crippen LogP contribution >= 0.6 is 11.8 Å². The molecule has 0 spiro atoms. The van der Waals surface area contributed by atoms with Crippen molar-refractivity contribution in [2.75, 3.05) is 0 Å². The van der Waals surface area contributed by atoms with Gasteiger partial charge in [-0.1, -0.05) is 30.0 Å². The van der Waals surface area contributed by atoms with Gasteiger partial charge in [0.25, 0.3) is 0 Å². The van der Waals surface area contributed by atoms with Crippen LogP contribution < -0.4 is 0 Å².